The van der Waals surface area contributed by atoms with Crippen LogP contribution >= 0.6 is 11.6 Å². The first-order valence-corrected chi connectivity index (χ1v) is 8.40. The van der Waals surface area contributed by atoms with Crippen LogP contribution in [0.2, 0.25) is 5.28 Å². The Hall–Kier alpha value is -1.10. The molecule has 118 valence electrons. The van der Waals surface area contributed by atoms with Crippen molar-refractivity contribution in [2.45, 2.75) is 52.9 Å². The maximum atomic E-state index is 6.03. The molecule has 0 radical (unpaired) electrons. The summed E-state index contributed by atoms with van der Waals surface area (Å²) in [5.41, 5.74) is 0.497. The average Bonchev–Trinajstić information content (AvgIpc) is 2.52. The molecule has 2 heterocycles. The van der Waals surface area contributed by atoms with E-state index in [2.05, 4.69) is 45.9 Å². The van der Waals surface area contributed by atoms with E-state index < -0.39 is 0 Å². The predicted octanol–water partition coefficient (Wildman–Crippen LogP) is 3.75. The van der Waals surface area contributed by atoms with Gasteiger partial charge in [0.1, 0.15) is 0 Å². The van der Waals surface area contributed by atoms with Crippen molar-refractivity contribution in [2.24, 2.45) is 5.41 Å². The second kappa shape index (κ2) is 7.25. The molecule has 1 fully saturated rings. The molecule has 1 N–H and O–H groups in total. The summed E-state index contributed by atoms with van der Waals surface area (Å²) in [4.78, 5) is 15.2. The van der Waals surface area contributed by atoms with Gasteiger partial charge < -0.3 is 10.2 Å². The number of nitrogens with one attached hydrogen (secondary N) is 1. The zero-order valence-electron chi connectivity index (χ0n) is 13.3. The Balaban J connectivity index is 2.07. The molecule has 5 nitrogen and oxygen atoms in total. The molecule has 1 aromatic heterocycles. The van der Waals surface area contributed by atoms with Crippen molar-refractivity contribution in [3.05, 3.63) is 5.28 Å². The fraction of sp³-hybridized carbons (Fsp3) is 0.800. The molecular formula is C15H26ClN5. The second-order valence-electron chi connectivity index (χ2n) is 5.85. The molecule has 1 aliphatic rings. The highest BCUT2D eigenvalue weighted by atomic mass is 35.5. The third-order valence-corrected chi connectivity index (χ3v) is 4.91. The maximum absolute atomic E-state index is 6.03. The number of halogens is 1. The predicted molar refractivity (Wildman–Crippen MR) is 88.1 cm³/mol. The lowest BCUT2D eigenvalue weighted by Gasteiger charge is -2.41. The molecule has 0 amide bonds. The van der Waals surface area contributed by atoms with Gasteiger partial charge in [-0.3, -0.25) is 0 Å². The lowest BCUT2D eigenvalue weighted by molar-refractivity contribution is 0.198. The molecule has 0 aliphatic carbocycles. The van der Waals surface area contributed by atoms with Gasteiger partial charge in [0, 0.05) is 19.6 Å². The number of hydrogen-bond acceptors (Lipinski definition) is 5. The smallest absolute Gasteiger partial charge is 0.231 e. The van der Waals surface area contributed by atoms with Gasteiger partial charge in [0.2, 0.25) is 17.2 Å². The summed E-state index contributed by atoms with van der Waals surface area (Å²) in [5, 5.41) is 3.45. The van der Waals surface area contributed by atoms with Crippen LogP contribution in [0.4, 0.5) is 11.9 Å². The highest BCUT2D eigenvalue weighted by molar-refractivity contribution is 6.28. The van der Waals surface area contributed by atoms with E-state index in [9.17, 15) is 0 Å². The van der Waals surface area contributed by atoms with Crippen molar-refractivity contribution >= 4 is 23.5 Å². The zero-order valence-corrected chi connectivity index (χ0v) is 14.1. The molecule has 0 aromatic carbocycles. The van der Waals surface area contributed by atoms with E-state index in [-0.39, 0.29) is 5.28 Å². The quantitative estimate of drug-likeness (QED) is 0.867. The topological polar surface area (TPSA) is 53.9 Å². The molecule has 0 atom stereocenters. The first-order valence-electron chi connectivity index (χ1n) is 8.03. The van der Waals surface area contributed by atoms with Gasteiger partial charge >= 0.3 is 0 Å². The van der Waals surface area contributed by atoms with Crippen LogP contribution in [0, 0.1) is 5.41 Å². The number of aromatic nitrogens is 3. The van der Waals surface area contributed by atoms with Crippen molar-refractivity contribution in [1.29, 1.82) is 0 Å². The second-order valence-corrected chi connectivity index (χ2v) is 6.19. The SMILES string of the molecule is CCCNc1nc(Cl)nc(N2CCC(CC)(CC)CC2)n1. The van der Waals surface area contributed by atoms with Crippen LogP contribution in [0.1, 0.15) is 52.9 Å². The zero-order chi connectivity index (χ0) is 15.3. The molecule has 0 bridgehead atoms. The molecule has 1 saturated heterocycles. The molecule has 21 heavy (non-hydrogen) atoms. The van der Waals surface area contributed by atoms with E-state index >= 15 is 0 Å². The first-order chi connectivity index (χ1) is 10.1. The molecule has 1 aromatic rings. The molecule has 1 aliphatic heterocycles. The van der Waals surface area contributed by atoms with Gasteiger partial charge in [-0.15, -0.1) is 0 Å². The Bertz CT molecular complexity index is 451. The minimum absolute atomic E-state index is 0.265. The third-order valence-electron chi connectivity index (χ3n) is 4.74. The van der Waals surface area contributed by atoms with E-state index in [1.165, 1.54) is 25.7 Å². The summed E-state index contributed by atoms with van der Waals surface area (Å²) in [5.74, 6) is 1.28. The van der Waals surface area contributed by atoms with Crippen molar-refractivity contribution in [2.75, 3.05) is 29.9 Å². The lowest BCUT2D eigenvalue weighted by atomic mass is 9.74. The molecule has 2 rings (SSSR count). The van der Waals surface area contributed by atoms with Crippen molar-refractivity contribution in [3.8, 4) is 0 Å². The normalized spacial score (nSPS) is 17.8. The molecule has 0 spiro atoms. The standard InChI is InChI=1S/C15H26ClN5/c1-4-9-17-13-18-12(16)19-14(20-13)21-10-7-15(5-2,6-3)8-11-21/h4-11H2,1-3H3,(H,17,18,19,20). The highest BCUT2D eigenvalue weighted by Crippen LogP contribution is 2.38. The van der Waals surface area contributed by atoms with Gasteiger partial charge in [-0.05, 0) is 36.3 Å². The Morgan fingerprint density at radius 3 is 2.33 bits per heavy atom. The van der Waals surface area contributed by atoms with E-state index in [0.717, 1.165) is 26.1 Å². The van der Waals surface area contributed by atoms with E-state index in [1.54, 1.807) is 0 Å². The van der Waals surface area contributed by atoms with Gasteiger partial charge in [0.25, 0.3) is 0 Å². The largest absolute Gasteiger partial charge is 0.354 e. The van der Waals surface area contributed by atoms with Crippen molar-refractivity contribution in [3.63, 3.8) is 0 Å². The number of hydrogen-bond donors (Lipinski definition) is 1. The van der Waals surface area contributed by atoms with Crippen LogP contribution in [0.25, 0.3) is 0 Å². The van der Waals surface area contributed by atoms with E-state index in [1.807, 2.05) is 0 Å². The minimum Gasteiger partial charge on any atom is -0.354 e. The van der Waals surface area contributed by atoms with Crippen molar-refractivity contribution in [1.82, 2.24) is 15.0 Å². The summed E-state index contributed by atoms with van der Waals surface area (Å²) >= 11 is 6.03. The Labute approximate surface area is 132 Å². The third kappa shape index (κ3) is 3.96. The van der Waals surface area contributed by atoms with Crippen LogP contribution < -0.4 is 10.2 Å². The number of piperidine rings is 1. The van der Waals surface area contributed by atoms with Gasteiger partial charge in [-0.25, -0.2) is 0 Å². The maximum Gasteiger partial charge on any atom is 0.231 e. The fourth-order valence-corrected chi connectivity index (χ4v) is 3.09. The highest BCUT2D eigenvalue weighted by Gasteiger charge is 2.32. The molecular weight excluding hydrogens is 286 g/mol. The lowest BCUT2D eigenvalue weighted by Crippen LogP contribution is -2.40. The summed E-state index contributed by atoms with van der Waals surface area (Å²) in [6.45, 7) is 9.53. The van der Waals surface area contributed by atoms with Crippen LogP contribution in [0.3, 0.4) is 0 Å². The van der Waals surface area contributed by atoms with Gasteiger partial charge in [-0.1, -0.05) is 33.6 Å². The van der Waals surface area contributed by atoms with Crippen molar-refractivity contribution < 1.29 is 0 Å². The number of anilines is 2. The van der Waals surface area contributed by atoms with Crippen LogP contribution in [-0.2, 0) is 0 Å². The summed E-state index contributed by atoms with van der Waals surface area (Å²) in [6, 6.07) is 0. The molecule has 0 saturated carbocycles. The average molecular weight is 312 g/mol. The molecule has 6 heteroatoms. The summed E-state index contributed by atoms with van der Waals surface area (Å²) in [6.07, 6.45) is 5.91. The van der Waals surface area contributed by atoms with Gasteiger partial charge in [0.15, 0.2) is 0 Å². The molecule has 0 unspecified atom stereocenters. The van der Waals surface area contributed by atoms with Crippen LogP contribution in [-0.4, -0.2) is 34.6 Å². The van der Waals surface area contributed by atoms with Crippen LogP contribution in [0.5, 0.6) is 0 Å². The number of nitrogens with zero attached hydrogens (tertiary/aromatic N) is 4. The Morgan fingerprint density at radius 2 is 1.76 bits per heavy atom. The number of rotatable bonds is 6. The van der Waals surface area contributed by atoms with Gasteiger partial charge in [0.05, 0.1) is 0 Å². The first kappa shape index (κ1) is 16.3. The van der Waals surface area contributed by atoms with E-state index in [0.29, 0.717) is 17.3 Å². The fourth-order valence-electron chi connectivity index (χ4n) is 2.94. The summed E-state index contributed by atoms with van der Waals surface area (Å²) in [7, 11) is 0. The summed E-state index contributed by atoms with van der Waals surface area (Å²) < 4.78 is 0. The van der Waals surface area contributed by atoms with Crippen LogP contribution in [0.15, 0.2) is 0 Å². The monoisotopic (exact) mass is 311 g/mol. The Morgan fingerprint density at radius 1 is 1.10 bits per heavy atom. The van der Waals surface area contributed by atoms with E-state index in [4.69, 9.17) is 11.6 Å². The Kier molecular flexibility index (Phi) is 5.62. The van der Waals surface area contributed by atoms with Gasteiger partial charge in [-0.2, -0.15) is 15.0 Å². The minimum atomic E-state index is 0.265.